The molecule has 1 unspecified atom stereocenters. The summed E-state index contributed by atoms with van der Waals surface area (Å²) >= 11 is 5.35. The number of nitrogens with one attached hydrogen (secondary N) is 1. The minimum absolute atomic E-state index is 0.0893. The topological polar surface area (TPSA) is 183 Å². The Hall–Kier alpha value is -2.28. The second-order valence-corrected chi connectivity index (χ2v) is 12.8. The molecular formula is C15H16N8O5S5. The maximum atomic E-state index is 12.8. The molecule has 2 aromatic rings. The first-order chi connectivity index (χ1) is 15.7. The minimum Gasteiger partial charge on any atom is -0.379 e. The number of fused-ring (bicyclic) bond motifs is 1. The number of rotatable bonds is 9. The van der Waals surface area contributed by atoms with Crippen molar-refractivity contribution in [3.8, 4) is 0 Å². The van der Waals surface area contributed by atoms with Gasteiger partial charge in [0.05, 0.1) is 0 Å². The smallest absolute Gasteiger partial charge is 0.278 e. The predicted molar refractivity (Wildman–Crippen MR) is 125 cm³/mol. The Balaban J connectivity index is 1.41. The second kappa shape index (κ2) is 9.92. The standard InChI is InChI=1S/C15H16N8O5S5/c1-33(26,27)6-28-21-8(10-19-14(16)32-22-10)11(24)18-9-12(25)23-2-7(3-29-13(9)23)4-30-15-20-17-5-31-15/h2,5,9,13H,3-4,6H2,1H3,(H,18,24)(H2,16,19,22)/t9?,13-/m0/s1. The molecule has 13 nitrogen and oxygen atoms in total. The highest BCUT2D eigenvalue weighted by molar-refractivity contribution is 8.01. The highest BCUT2D eigenvalue weighted by Gasteiger charge is 2.49. The Morgan fingerprint density at radius 2 is 2.30 bits per heavy atom. The summed E-state index contributed by atoms with van der Waals surface area (Å²) in [5.41, 5.74) is 7.93. The van der Waals surface area contributed by atoms with Crippen LogP contribution in [0, 0.1) is 0 Å². The van der Waals surface area contributed by atoms with Crippen LogP contribution in [0.25, 0.3) is 0 Å². The largest absolute Gasteiger partial charge is 0.379 e. The lowest BCUT2D eigenvalue weighted by Gasteiger charge is -2.47. The summed E-state index contributed by atoms with van der Waals surface area (Å²) in [4.78, 5) is 35.7. The number of oxime groups is 1. The fourth-order valence-electron chi connectivity index (χ4n) is 2.73. The summed E-state index contributed by atoms with van der Waals surface area (Å²) in [5, 5.41) is 13.8. The number of nitrogens with zero attached hydrogens (tertiary/aromatic N) is 6. The van der Waals surface area contributed by atoms with Crippen molar-refractivity contribution in [3.05, 3.63) is 23.1 Å². The number of carbonyl (C=O) groups is 2. The third-order valence-electron chi connectivity index (χ3n) is 4.14. The van der Waals surface area contributed by atoms with E-state index in [1.54, 1.807) is 28.4 Å². The second-order valence-electron chi connectivity index (χ2n) is 6.75. The number of anilines is 1. The van der Waals surface area contributed by atoms with Crippen LogP contribution in [-0.4, -0.2) is 85.5 Å². The Labute approximate surface area is 204 Å². The van der Waals surface area contributed by atoms with E-state index in [1.165, 1.54) is 23.1 Å². The van der Waals surface area contributed by atoms with Crippen LogP contribution in [0.5, 0.6) is 0 Å². The molecule has 0 aliphatic carbocycles. The molecule has 1 fully saturated rings. The van der Waals surface area contributed by atoms with Crippen LogP contribution < -0.4 is 11.1 Å². The third-order valence-corrected chi connectivity index (χ3v) is 8.56. The molecular weight excluding hydrogens is 533 g/mol. The summed E-state index contributed by atoms with van der Waals surface area (Å²) in [7, 11) is -3.49. The molecule has 1 saturated heterocycles. The molecule has 18 heteroatoms. The van der Waals surface area contributed by atoms with Crippen molar-refractivity contribution in [2.24, 2.45) is 5.16 Å². The van der Waals surface area contributed by atoms with Crippen molar-refractivity contribution in [2.75, 3.05) is 29.4 Å². The Morgan fingerprint density at radius 3 is 2.97 bits per heavy atom. The van der Waals surface area contributed by atoms with Gasteiger partial charge in [-0.25, -0.2) is 8.42 Å². The molecule has 2 amide bonds. The number of thioether (sulfide) groups is 2. The molecule has 176 valence electrons. The van der Waals surface area contributed by atoms with E-state index in [0.29, 0.717) is 11.5 Å². The number of carbonyl (C=O) groups excluding carboxylic acids is 2. The molecule has 0 radical (unpaired) electrons. The number of hydrogen-bond acceptors (Lipinski definition) is 15. The van der Waals surface area contributed by atoms with Gasteiger partial charge in [0.15, 0.2) is 19.3 Å². The zero-order valence-electron chi connectivity index (χ0n) is 16.8. The first-order valence-electron chi connectivity index (χ1n) is 9.01. The number of β-lactam (4-membered cyclic amide) rings is 1. The third kappa shape index (κ3) is 5.81. The van der Waals surface area contributed by atoms with Crippen LogP contribution in [0.4, 0.5) is 5.13 Å². The summed E-state index contributed by atoms with van der Waals surface area (Å²) in [6.45, 7) is 0. The lowest BCUT2D eigenvalue weighted by atomic mass is 10.1. The molecule has 33 heavy (non-hydrogen) atoms. The maximum Gasteiger partial charge on any atom is 0.278 e. The van der Waals surface area contributed by atoms with Crippen LogP contribution in [0.1, 0.15) is 5.82 Å². The molecule has 4 rings (SSSR count). The number of amides is 2. The number of nitrogens with two attached hydrogens (primary N) is 1. The average molecular weight is 549 g/mol. The van der Waals surface area contributed by atoms with Gasteiger partial charge in [-0.15, -0.1) is 22.0 Å². The zero-order valence-corrected chi connectivity index (χ0v) is 20.9. The van der Waals surface area contributed by atoms with E-state index in [1.807, 2.05) is 0 Å². The van der Waals surface area contributed by atoms with E-state index in [2.05, 4.69) is 30.0 Å². The van der Waals surface area contributed by atoms with E-state index >= 15 is 0 Å². The average Bonchev–Trinajstić information content (AvgIpc) is 3.44. The number of sulfone groups is 1. The van der Waals surface area contributed by atoms with Crippen molar-refractivity contribution in [2.45, 2.75) is 15.8 Å². The fourth-order valence-corrected chi connectivity index (χ4v) is 6.25. The van der Waals surface area contributed by atoms with Crippen LogP contribution in [0.3, 0.4) is 0 Å². The van der Waals surface area contributed by atoms with Gasteiger partial charge in [0.2, 0.25) is 17.5 Å². The van der Waals surface area contributed by atoms with Gasteiger partial charge in [0, 0.05) is 35.5 Å². The van der Waals surface area contributed by atoms with Gasteiger partial charge in [-0.2, -0.15) is 9.36 Å². The van der Waals surface area contributed by atoms with Gasteiger partial charge in [-0.05, 0) is 5.57 Å². The first kappa shape index (κ1) is 23.9. The number of aromatic nitrogens is 4. The van der Waals surface area contributed by atoms with Crippen molar-refractivity contribution in [1.82, 2.24) is 29.8 Å². The van der Waals surface area contributed by atoms with Crippen LogP contribution in [-0.2, 0) is 24.3 Å². The summed E-state index contributed by atoms with van der Waals surface area (Å²) in [5.74, 6) is -0.543. The summed E-state index contributed by atoms with van der Waals surface area (Å²) < 4.78 is 27.3. The van der Waals surface area contributed by atoms with E-state index in [9.17, 15) is 18.0 Å². The molecule has 2 aliphatic rings. The number of hydrogen-bond donors (Lipinski definition) is 2. The highest BCUT2D eigenvalue weighted by Crippen LogP contribution is 2.37. The van der Waals surface area contributed by atoms with Crippen LogP contribution in [0.15, 0.2) is 26.8 Å². The molecule has 4 heterocycles. The lowest BCUT2D eigenvalue weighted by Crippen LogP contribution is -2.69. The summed E-state index contributed by atoms with van der Waals surface area (Å²) in [6, 6.07) is -0.785. The van der Waals surface area contributed by atoms with Crippen molar-refractivity contribution < 1.29 is 22.8 Å². The molecule has 0 aromatic carbocycles. The highest BCUT2D eigenvalue weighted by atomic mass is 32.2. The van der Waals surface area contributed by atoms with Gasteiger partial charge < -0.3 is 20.8 Å². The van der Waals surface area contributed by atoms with Crippen molar-refractivity contribution in [1.29, 1.82) is 0 Å². The molecule has 0 saturated carbocycles. The fraction of sp³-hybridized carbons (Fsp3) is 0.400. The Kier molecular flexibility index (Phi) is 7.17. The molecule has 2 aliphatic heterocycles. The zero-order chi connectivity index (χ0) is 23.6. The SMILES string of the molecule is CS(=O)(=O)CON=C(C(=O)NC1C(=O)N2C=C(CSc3nncs3)CS[C@@H]12)c1nsc(N)n1. The van der Waals surface area contributed by atoms with Crippen LogP contribution in [0.2, 0.25) is 0 Å². The van der Waals surface area contributed by atoms with E-state index < -0.39 is 27.7 Å². The monoisotopic (exact) mass is 548 g/mol. The van der Waals surface area contributed by atoms with Crippen LogP contribution >= 0.6 is 46.4 Å². The van der Waals surface area contributed by atoms with Gasteiger partial charge in [-0.3, -0.25) is 9.59 Å². The predicted octanol–water partition coefficient (Wildman–Crippen LogP) is -0.229. The van der Waals surface area contributed by atoms with Gasteiger partial charge in [-0.1, -0.05) is 28.3 Å². The molecule has 2 atom stereocenters. The summed E-state index contributed by atoms with van der Waals surface area (Å²) in [6.07, 6.45) is 2.75. The molecule has 0 spiro atoms. The quantitative estimate of drug-likeness (QED) is 0.182. The van der Waals surface area contributed by atoms with E-state index in [4.69, 9.17) is 10.6 Å². The maximum absolute atomic E-state index is 12.8. The minimum atomic E-state index is -3.49. The normalized spacial score (nSPS) is 20.6. The van der Waals surface area contributed by atoms with E-state index in [0.717, 1.165) is 27.7 Å². The van der Waals surface area contributed by atoms with Gasteiger partial charge >= 0.3 is 0 Å². The van der Waals surface area contributed by atoms with Gasteiger partial charge in [0.1, 0.15) is 16.9 Å². The molecule has 2 aromatic heterocycles. The lowest BCUT2D eigenvalue weighted by molar-refractivity contribution is -0.143. The number of nitrogen functional groups attached to an aromatic ring is 1. The van der Waals surface area contributed by atoms with Gasteiger partial charge in [0.25, 0.3) is 11.8 Å². The molecule has 3 N–H and O–H groups in total. The van der Waals surface area contributed by atoms with E-state index in [-0.39, 0.29) is 27.9 Å². The first-order valence-corrected chi connectivity index (χ1v) is 14.8. The van der Waals surface area contributed by atoms with Crippen molar-refractivity contribution in [3.63, 3.8) is 0 Å². The Bertz CT molecular complexity index is 1210. The Morgan fingerprint density at radius 1 is 1.48 bits per heavy atom. The van der Waals surface area contributed by atoms with Crippen molar-refractivity contribution >= 4 is 78.9 Å². The molecule has 0 bridgehead atoms.